The van der Waals surface area contributed by atoms with Gasteiger partial charge in [-0.05, 0) is 39.1 Å². The summed E-state index contributed by atoms with van der Waals surface area (Å²) in [4.78, 5) is 9.37. The van der Waals surface area contributed by atoms with Crippen LogP contribution in [0.5, 0.6) is 0 Å². The van der Waals surface area contributed by atoms with Gasteiger partial charge in [0.1, 0.15) is 11.6 Å². The van der Waals surface area contributed by atoms with E-state index < -0.39 is 0 Å². The Hall–Kier alpha value is -1.29. The highest BCUT2D eigenvalue weighted by molar-refractivity contribution is 5.48. The molecule has 0 radical (unpaired) electrons. The van der Waals surface area contributed by atoms with Crippen molar-refractivity contribution >= 4 is 11.6 Å². The zero-order chi connectivity index (χ0) is 13.1. The van der Waals surface area contributed by atoms with Crippen LogP contribution in [0.4, 0.5) is 11.6 Å². The van der Waals surface area contributed by atoms with Crippen molar-refractivity contribution in [1.82, 2.24) is 9.88 Å². The van der Waals surface area contributed by atoms with Crippen LogP contribution in [0.1, 0.15) is 13.8 Å². The summed E-state index contributed by atoms with van der Waals surface area (Å²) < 4.78 is 0. The van der Waals surface area contributed by atoms with Gasteiger partial charge in [0.25, 0.3) is 0 Å². The van der Waals surface area contributed by atoms with Crippen molar-refractivity contribution < 1.29 is 0 Å². The van der Waals surface area contributed by atoms with Crippen LogP contribution in [-0.2, 0) is 0 Å². The Balaban J connectivity index is 2.11. The number of hydrogen-bond acceptors (Lipinski definition) is 4. The fourth-order valence-electron chi connectivity index (χ4n) is 2.69. The van der Waals surface area contributed by atoms with Crippen LogP contribution in [-0.4, -0.2) is 49.7 Å². The molecule has 2 rings (SSSR count). The summed E-state index contributed by atoms with van der Waals surface area (Å²) in [5.74, 6) is 2.74. The minimum atomic E-state index is 0.620. The van der Waals surface area contributed by atoms with Crippen LogP contribution in [0.2, 0.25) is 0 Å². The quantitative estimate of drug-likeness (QED) is 0.882. The second kappa shape index (κ2) is 5.57. The van der Waals surface area contributed by atoms with E-state index >= 15 is 0 Å². The summed E-state index contributed by atoms with van der Waals surface area (Å²) in [5.41, 5.74) is 0. The van der Waals surface area contributed by atoms with E-state index in [1.54, 1.807) is 0 Å². The molecule has 0 aliphatic carbocycles. The Bertz CT molecular complexity index is 391. The van der Waals surface area contributed by atoms with E-state index in [2.05, 4.69) is 60.2 Å². The molecule has 0 spiro atoms. The van der Waals surface area contributed by atoms with Crippen molar-refractivity contribution in [2.45, 2.75) is 19.9 Å². The lowest BCUT2D eigenvalue weighted by Crippen LogP contribution is -2.34. The lowest BCUT2D eigenvalue weighted by atomic mass is 10.1. The highest BCUT2D eigenvalue weighted by atomic mass is 15.3. The molecule has 1 aromatic rings. The van der Waals surface area contributed by atoms with Crippen LogP contribution < -0.4 is 10.2 Å². The fourth-order valence-corrected chi connectivity index (χ4v) is 2.69. The maximum atomic E-state index is 4.67. The lowest BCUT2D eigenvalue weighted by Gasteiger charge is -2.22. The van der Waals surface area contributed by atoms with Crippen molar-refractivity contribution in [3.05, 3.63) is 18.2 Å². The van der Waals surface area contributed by atoms with E-state index in [0.29, 0.717) is 12.0 Å². The second-order valence-corrected chi connectivity index (χ2v) is 5.32. The van der Waals surface area contributed by atoms with Crippen molar-refractivity contribution in [2.24, 2.45) is 5.92 Å². The van der Waals surface area contributed by atoms with E-state index in [9.17, 15) is 0 Å². The van der Waals surface area contributed by atoms with Crippen molar-refractivity contribution in [3.8, 4) is 0 Å². The molecule has 0 saturated carbocycles. The molecule has 0 amide bonds. The first-order valence-electron chi connectivity index (χ1n) is 6.74. The summed E-state index contributed by atoms with van der Waals surface area (Å²) >= 11 is 0. The number of likely N-dealkylation sites (N-methyl/N-ethyl adjacent to an activating group) is 1. The van der Waals surface area contributed by atoms with Gasteiger partial charge in [-0.2, -0.15) is 0 Å². The molecule has 2 unspecified atom stereocenters. The van der Waals surface area contributed by atoms with Crippen LogP contribution in [0.15, 0.2) is 18.2 Å². The third-order valence-corrected chi connectivity index (χ3v) is 3.65. The highest BCUT2D eigenvalue weighted by Crippen LogP contribution is 2.25. The third kappa shape index (κ3) is 2.75. The largest absolute Gasteiger partial charge is 0.370 e. The smallest absolute Gasteiger partial charge is 0.131 e. The van der Waals surface area contributed by atoms with Gasteiger partial charge in [-0.1, -0.05) is 13.0 Å². The number of aromatic nitrogens is 1. The molecule has 1 aromatic heterocycles. The first-order chi connectivity index (χ1) is 8.61. The Morgan fingerprint density at radius 3 is 2.78 bits per heavy atom. The van der Waals surface area contributed by atoms with Crippen molar-refractivity contribution in [1.29, 1.82) is 0 Å². The average Bonchev–Trinajstić information content (AvgIpc) is 2.72. The normalized spacial score (nSPS) is 23.7. The summed E-state index contributed by atoms with van der Waals surface area (Å²) in [5, 5.41) is 3.27. The van der Waals surface area contributed by atoms with Gasteiger partial charge in [-0.25, -0.2) is 4.98 Å². The van der Waals surface area contributed by atoms with Gasteiger partial charge in [0.15, 0.2) is 0 Å². The van der Waals surface area contributed by atoms with Gasteiger partial charge in [0.2, 0.25) is 0 Å². The maximum Gasteiger partial charge on any atom is 0.131 e. The van der Waals surface area contributed by atoms with Crippen LogP contribution in [0, 0.1) is 5.92 Å². The topological polar surface area (TPSA) is 31.4 Å². The number of nitrogens with zero attached hydrogens (tertiary/aromatic N) is 3. The molecule has 0 aromatic carbocycles. The van der Waals surface area contributed by atoms with E-state index in [4.69, 9.17) is 0 Å². The molecular formula is C14H24N4. The molecule has 1 aliphatic rings. The maximum absolute atomic E-state index is 4.67. The minimum Gasteiger partial charge on any atom is -0.370 e. The molecule has 18 heavy (non-hydrogen) atoms. The molecular weight excluding hydrogens is 224 g/mol. The summed E-state index contributed by atoms with van der Waals surface area (Å²) in [7, 11) is 4.32. The number of hydrogen-bond donors (Lipinski definition) is 1. The van der Waals surface area contributed by atoms with Crippen molar-refractivity contribution in [3.63, 3.8) is 0 Å². The average molecular weight is 248 g/mol. The van der Waals surface area contributed by atoms with Gasteiger partial charge in [-0.3, -0.25) is 0 Å². The molecule has 0 bridgehead atoms. The van der Waals surface area contributed by atoms with Gasteiger partial charge in [-0.15, -0.1) is 0 Å². The van der Waals surface area contributed by atoms with E-state index in [1.807, 2.05) is 6.07 Å². The summed E-state index contributed by atoms with van der Waals surface area (Å²) in [6, 6.07) is 6.82. The predicted molar refractivity (Wildman–Crippen MR) is 77.3 cm³/mol. The van der Waals surface area contributed by atoms with Gasteiger partial charge in [0, 0.05) is 25.7 Å². The van der Waals surface area contributed by atoms with Gasteiger partial charge < -0.3 is 15.1 Å². The number of anilines is 2. The summed E-state index contributed by atoms with van der Waals surface area (Å²) in [6.45, 7) is 7.47. The second-order valence-electron chi connectivity index (χ2n) is 5.32. The van der Waals surface area contributed by atoms with Crippen LogP contribution in [0.25, 0.3) is 0 Å². The molecule has 4 nitrogen and oxygen atoms in total. The van der Waals surface area contributed by atoms with Crippen molar-refractivity contribution in [2.75, 3.05) is 43.9 Å². The first-order valence-corrected chi connectivity index (χ1v) is 6.74. The molecule has 2 atom stereocenters. The molecule has 1 aliphatic heterocycles. The zero-order valence-corrected chi connectivity index (χ0v) is 11.8. The monoisotopic (exact) mass is 248 g/mol. The Labute approximate surface area is 110 Å². The predicted octanol–water partition coefficient (Wildman–Crippen LogP) is 1.90. The van der Waals surface area contributed by atoms with Crippen LogP contribution in [0.3, 0.4) is 0 Å². The van der Waals surface area contributed by atoms with Gasteiger partial charge in [0.05, 0.1) is 0 Å². The Kier molecular flexibility index (Phi) is 4.07. The number of rotatable bonds is 4. The SMILES string of the molecule is CCNc1cccc(N2CC(C)C(N(C)C)C2)n1. The highest BCUT2D eigenvalue weighted by Gasteiger charge is 2.31. The van der Waals surface area contributed by atoms with E-state index in [-0.39, 0.29) is 0 Å². The standard InChI is InChI=1S/C14H24N4/c1-5-15-13-7-6-8-14(16-13)18-9-11(2)12(10-18)17(3)4/h6-8,11-12H,5,9-10H2,1-4H3,(H,15,16). The van der Waals surface area contributed by atoms with Gasteiger partial charge >= 0.3 is 0 Å². The Morgan fingerprint density at radius 1 is 1.39 bits per heavy atom. The molecule has 4 heteroatoms. The first kappa shape index (κ1) is 13.1. The van der Waals surface area contributed by atoms with E-state index in [0.717, 1.165) is 31.3 Å². The zero-order valence-electron chi connectivity index (χ0n) is 11.8. The third-order valence-electron chi connectivity index (χ3n) is 3.65. The molecule has 100 valence electrons. The molecule has 1 saturated heterocycles. The van der Waals surface area contributed by atoms with E-state index in [1.165, 1.54) is 0 Å². The van der Waals surface area contributed by atoms with Crippen LogP contribution >= 0.6 is 0 Å². The summed E-state index contributed by atoms with van der Waals surface area (Å²) in [6.07, 6.45) is 0. The lowest BCUT2D eigenvalue weighted by molar-refractivity contribution is 0.266. The Morgan fingerprint density at radius 2 is 2.17 bits per heavy atom. The minimum absolute atomic E-state index is 0.620. The number of nitrogens with one attached hydrogen (secondary N) is 1. The fraction of sp³-hybridized carbons (Fsp3) is 0.643. The molecule has 2 heterocycles. The molecule has 1 N–H and O–H groups in total. The molecule has 1 fully saturated rings. The number of pyridine rings is 1.